The number of furan rings is 1. The average Bonchev–Trinajstić information content (AvgIpc) is 3.27. The second-order valence-corrected chi connectivity index (χ2v) is 7.59. The molecule has 3 aromatic rings. The Balaban J connectivity index is 1.78. The van der Waals surface area contributed by atoms with E-state index in [-0.39, 0.29) is 6.54 Å². The number of para-hydroxylation sites is 1. The number of terminal acetylenes is 1. The number of ether oxygens (including phenoxy) is 1. The Hall–Kier alpha value is -3.85. The van der Waals surface area contributed by atoms with Crippen molar-refractivity contribution in [3.8, 4) is 12.3 Å². The summed E-state index contributed by atoms with van der Waals surface area (Å²) in [5.41, 5.74) is 3.78. The monoisotopic (exact) mass is 414 g/mol. The normalized spacial score (nSPS) is 16.5. The molecule has 0 saturated carbocycles. The van der Waals surface area contributed by atoms with Crippen LogP contribution in [0.2, 0.25) is 0 Å². The third-order valence-corrected chi connectivity index (χ3v) is 5.20. The molecule has 0 aliphatic heterocycles. The summed E-state index contributed by atoms with van der Waals surface area (Å²) in [4.78, 5) is 29.9. The van der Waals surface area contributed by atoms with Crippen molar-refractivity contribution in [1.29, 1.82) is 0 Å². The van der Waals surface area contributed by atoms with Crippen LogP contribution in [0.5, 0.6) is 0 Å². The van der Waals surface area contributed by atoms with Crippen molar-refractivity contribution in [3.05, 3.63) is 65.2 Å². The lowest BCUT2D eigenvalue weighted by atomic mass is 9.81. The molecule has 1 atom stereocenters. The molecular formula is C25H22N2O4. The van der Waals surface area contributed by atoms with Crippen LogP contribution in [0.3, 0.4) is 0 Å². The molecule has 1 aliphatic rings. The standard InChI is InChI=1S/C25H22N2O4/c1-3-10-26-22(28)15-31-25(29)23-19-8-4-5-9-21(19)27-24-17(12-16(2)13-20(23)24)14-18-7-6-11-30-18/h1,4-9,11,14,16H,10,12-13,15H2,2H3,(H,26,28)/b17-14+. The van der Waals surface area contributed by atoms with Gasteiger partial charge in [0, 0.05) is 5.39 Å². The number of carbonyl (C=O) groups is 2. The van der Waals surface area contributed by atoms with Crippen molar-refractivity contribution >= 4 is 34.4 Å². The molecule has 6 nitrogen and oxygen atoms in total. The third-order valence-electron chi connectivity index (χ3n) is 5.20. The molecule has 4 rings (SSSR count). The van der Waals surface area contributed by atoms with Gasteiger partial charge >= 0.3 is 5.97 Å². The molecule has 0 fully saturated rings. The Bertz CT molecular complexity index is 1200. The maximum atomic E-state index is 13.1. The van der Waals surface area contributed by atoms with Gasteiger partial charge in [0.15, 0.2) is 6.61 Å². The number of aromatic nitrogens is 1. The lowest BCUT2D eigenvalue weighted by Crippen LogP contribution is -2.29. The van der Waals surface area contributed by atoms with Crippen LogP contribution in [0.4, 0.5) is 0 Å². The van der Waals surface area contributed by atoms with Gasteiger partial charge in [0.1, 0.15) is 5.76 Å². The van der Waals surface area contributed by atoms with E-state index in [4.69, 9.17) is 20.6 Å². The number of carbonyl (C=O) groups excluding carboxylic acids is 2. The number of hydrogen-bond acceptors (Lipinski definition) is 5. The Kier molecular flexibility index (Phi) is 5.85. The van der Waals surface area contributed by atoms with Crippen molar-refractivity contribution in [2.24, 2.45) is 5.92 Å². The Morgan fingerprint density at radius 1 is 1.29 bits per heavy atom. The van der Waals surface area contributed by atoms with Gasteiger partial charge in [-0.05, 0) is 54.2 Å². The number of amides is 1. The van der Waals surface area contributed by atoms with Crippen LogP contribution in [0.15, 0.2) is 47.1 Å². The van der Waals surface area contributed by atoms with Crippen LogP contribution in [0, 0.1) is 18.3 Å². The van der Waals surface area contributed by atoms with Gasteiger partial charge in [0.2, 0.25) is 0 Å². The molecular weight excluding hydrogens is 392 g/mol. The minimum atomic E-state index is -0.544. The van der Waals surface area contributed by atoms with Crippen molar-refractivity contribution in [1.82, 2.24) is 10.3 Å². The van der Waals surface area contributed by atoms with Crippen LogP contribution in [-0.4, -0.2) is 30.0 Å². The lowest BCUT2D eigenvalue weighted by molar-refractivity contribution is -0.123. The molecule has 6 heteroatoms. The molecule has 31 heavy (non-hydrogen) atoms. The molecule has 1 amide bonds. The molecule has 0 radical (unpaired) electrons. The zero-order chi connectivity index (χ0) is 21.8. The first kappa shape index (κ1) is 20.4. The summed E-state index contributed by atoms with van der Waals surface area (Å²) in [7, 11) is 0. The predicted octanol–water partition coefficient (Wildman–Crippen LogP) is 3.86. The topological polar surface area (TPSA) is 81.4 Å². The molecule has 0 spiro atoms. The molecule has 0 bridgehead atoms. The lowest BCUT2D eigenvalue weighted by Gasteiger charge is -2.26. The van der Waals surface area contributed by atoms with Gasteiger partial charge in [-0.25, -0.2) is 9.78 Å². The van der Waals surface area contributed by atoms with Gasteiger partial charge in [-0.2, -0.15) is 0 Å². The van der Waals surface area contributed by atoms with Crippen LogP contribution >= 0.6 is 0 Å². The van der Waals surface area contributed by atoms with Crippen LogP contribution in [0.1, 0.15) is 40.7 Å². The number of pyridine rings is 1. The number of benzene rings is 1. The van der Waals surface area contributed by atoms with Gasteiger partial charge < -0.3 is 14.5 Å². The van der Waals surface area contributed by atoms with E-state index in [0.29, 0.717) is 28.8 Å². The molecule has 1 aliphatic carbocycles. The third kappa shape index (κ3) is 4.36. The van der Waals surface area contributed by atoms with E-state index in [9.17, 15) is 9.59 Å². The van der Waals surface area contributed by atoms with E-state index in [1.807, 2.05) is 42.5 Å². The average molecular weight is 414 g/mol. The Labute approximate surface area is 180 Å². The number of nitrogens with one attached hydrogen (secondary N) is 1. The van der Waals surface area contributed by atoms with Gasteiger partial charge in [0.05, 0.1) is 29.6 Å². The summed E-state index contributed by atoms with van der Waals surface area (Å²) >= 11 is 0. The molecule has 1 unspecified atom stereocenters. The first-order valence-corrected chi connectivity index (χ1v) is 10.1. The summed E-state index contributed by atoms with van der Waals surface area (Å²) in [5.74, 6) is 2.38. The summed E-state index contributed by atoms with van der Waals surface area (Å²) in [6.45, 7) is 1.83. The van der Waals surface area contributed by atoms with Gasteiger partial charge in [-0.15, -0.1) is 6.42 Å². The maximum absolute atomic E-state index is 13.1. The quantitative estimate of drug-likeness (QED) is 0.507. The predicted molar refractivity (Wildman–Crippen MR) is 118 cm³/mol. The largest absolute Gasteiger partial charge is 0.465 e. The highest BCUT2D eigenvalue weighted by Crippen LogP contribution is 2.38. The molecule has 1 aromatic carbocycles. The summed E-state index contributed by atoms with van der Waals surface area (Å²) in [5, 5.41) is 3.20. The summed E-state index contributed by atoms with van der Waals surface area (Å²) in [6, 6.07) is 11.2. The maximum Gasteiger partial charge on any atom is 0.339 e. The second kappa shape index (κ2) is 8.88. The SMILES string of the molecule is C#CCNC(=O)COC(=O)c1c2c(nc3ccccc13)/C(=C/c1ccco1)CC(C)C2. The summed E-state index contributed by atoms with van der Waals surface area (Å²) in [6.07, 6.45) is 10.3. The minimum Gasteiger partial charge on any atom is -0.465 e. The highest BCUT2D eigenvalue weighted by atomic mass is 16.5. The first-order valence-electron chi connectivity index (χ1n) is 10.1. The first-order chi connectivity index (χ1) is 15.1. The zero-order valence-electron chi connectivity index (χ0n) is 17.2. The molecule has 156 valence electrons. The van der Waals surface area contributed by atoms with E-state index in [0.717, 1.165) is 29.0 Å². The van der Waals surface area contributed by atoms with Gasteiger partial charge in [-0.3, -0.25) is 4.79 Å². The van der Waals surface area contributed by atoms with Crippen molar-refractivity contribution in [3.63, 3.8) is 0 Å². The van der Waals surface area contributed by atoms with E-state index in [2.05, 4.69) is 18.2 Å². The number of hydrogen-bond donors (Lipinski definition) is 1. The number of esters is 1. The van der Waals surface area contributed by atoms with E-state index >= 15 is 0 Å². The fourth-order valence-corrected chi connectivity index (χ4v) is 3.92. The second-order valence-electron chi connectivity index (χ2n) is 7.59. The highest BCUT2D eigenvalue weighted by Gasteiger charge is 2.29. The van der Waals surface area contributed by atoms with Crippen molar-refractivity contribution in [2.75, 3.05) is 13.2 Å². The van der Waals surface area contributed by atoms with E-state index in [1.165, 1.54) is 0 Å². The highest BCUT2D eigenvalue weighted by molar-refractivity contribution is 6.07. The number of nitrogens with zero attached hydrogens (tertiary/aromatic N) is 1. The fraction of sp³-hybridized carbons (Fsp3) is 0.240. The smallest absolute Gasteiger partial charge is 0.339 e. The van der Waals surface area contributed by atoms with Crippen LogP contribution in [0.25, 0.3) is 22.6 Å². The minimum absolute atomic E-state index is 0.0857. The molecule has 1 N–H and O–H groups in total. The van der Waals surface area contributed by atoms with Crippen LogP contribution in [-0.2, 0) is 16.0 Å². The van der Waals surface area contributed by atoms with Crippen molar-refractivity contribution < 1.29 is 18.7 Å². The number of allylic oxidation sites excluding steroid dienone is 1. The molecule has 0 saturated heterocycles. The van der Waals surface area contributed by atoms with E-state index in [1.54, 1.807) is 6.26 Å². The van der Waals surface area contributed by atoms with Gasteiger partial charge in [-0.1, -0.05) is 31.0 Å². The fourth-order valence-electron chi connectivity index (χ4n) is 3.92. The van der Waals surface area contributed by atoms with Gasteiger partial charge in [0.25, 0.3) is 5.91 Å². The van der Waals surface area contributed by atoms with Crippen molar-refractivity contribution in [2.45, 2.75) is 19.8 Å². The number of rotatable bonds is 5. The van der Waals surface area contributed by atoms with E-state index < -0.39 is 18.5 Å². The zero-order valence-corrected chi connectivity index (χ0v) is 17.2. The Morgan fingerprint density at radius 3 is 2.90 bits per heavy atom. The number of fused-ring (bicyclic) bond motifs is 2. The Morgan fingerprint density at radius 2 is 2.13 bits per heavy atom. The molecule has 2 heterocycles. The van der Waals surface area contributed by atoms with Crippen LogP contribution < -0.4 is 5.32 Å². The summed E-state index contributed by atoms with van der Waals surface area (Å²) < 4.78 is 10.8. The molecule has 2 aromatic heterocycles.